The van der Waals surface area contributed by atoms with E-state index in [0.717, 1.165) is 6.42 Å². The van der Waals surface area contributed by atoms with Gasteiger partial charge in [0, 0.05) is 0 Å². The SMILES string of the molecule is CC(C)=CC[C@H]1O[C@H](C)[C@H](NC(=O)/C=C\C(C)C)C=C1C. The van der Waals surface area contributed by atoms with Crippen LogP contribution in [-0.2, 0) is 9.53 Å². The maximum atomic E-state index is 11.9. The summed E-state index contributed by atoms with van der Waals surface area (Å²) in [4.78, 5) is 11.9. The lowest BCUT2D eigenvalue weighted by Crippen LogP contribution is -2.46. The Labute approximate surface area is 129 Å². The molecule has 1 aliphatic rings. The zero-order chi connectivity index (χ0) is 16.0. The summed E-state index contributed by atoms with van der Waals surface area (Å²) in [5.41, 5.74) is 2.48. The molecule has 118 valence electrons. The van der Waals surface area contributed by atoms with Gasteiger partial charge in [0.1, 0.15) is 0 Å². The molecular weight excluding hydrogens is 262 g/mol. The Kier molecular flexibility index (Phi) is 6.90. The third-order valence-corrected chi connectivity index (χ3v) is 3.52. The molecule has 1 heterocycles. The first-order valence-electron chi connectivity index (χ1n) is 7.75. The van der Waals surface area contributed by atoms with Crippen LogP contribution in [0.2, 0.25) is 0 Å². The fraction of sp³-hybridized carbons (Fsp3) is 0.611. The maximum absolute atomic E-state index is 11.9. The van der Waals surface area contributed by atoms with Gasteiger partial charge in [0.25, 0.3) is 0 Å². The van der Waals surface area contributed by atoms with Crippen LogP contribution in [0.4, 0.5) is 0 Å². The molecule has 0 aromatic carbocycles. The number of carbonyl (C=O) groups is 1. The van der Waals surface area contributed by atoms with Gasteiger partial charge in [0.2, 0.25) is 5.91 Å². The Hall–Kier alpha value is -1.35. The van der Waals surface area contributed by atoms with E-state index in [9.17, 15) is 4.79 Å². The molecule has 3 atom stereocenters. The van der Waals surface area contributed by atoms with Gasteiger partial charge >= 0.3 is 0 Å². The standard InChI is InChI=1S/C18H29NO2/c1-12(2)7-9-17-14(5)11-16(15(6)21-17)19-18(20)10-8-13(3)4/h7-8,10-11,13,15-17H,9H2,1-6H3,(H,19,20)/b10-8-/t15-,16-,17-/m1/s1. The minimum atomic E-state index is -0.0593. The molecule has 0 saturated carbocycles. The first kappa shape index (κ1) is 17.7. The van der Waals surface area contributed by atoms with Crippen molar-refractivity contribution in [2.75, 3.05) is 0 Å². The van der Waals surface area contributed by atoms with E-state index in [2.05, 4.69) is 38.2 Å². The number of nitrogens with one attached hydrogen (secondary N) is 1. The molecule has 1 N–H and O–H groups in total. The highest BCUT2D eigenvalue weighted by Gasteiger charge is 2.27. The van der Waals surface area contributed by atoms with Crippen molar-refractivity contribution in [1.82, 2.24) is 5.32 Å². The molecular formula is C18H29NO2. The van der Waals surface area contributed by atoms with Gasteiger partial charge in [0.05, 0.1) is 18.2 Å². The minimum absolute atomic E-state index is 0.0133. The summed E-state index contributed by atoms with van der Waals surface area (Å²) in [6, 6.07) is -0.0581. The topological polar surface area (TPSA) is 38.3 Å². The quantitative estimate of drug-likeness (QED) is 0.618. The van der Waals surface area contributed by atoms with Crippen molar-refractivity contribution in [2.45, 2.75) is 66.2 Å². The van der Waals surface area contributed by atoms with Crippen LogP contribution in [0.1, 0.15) is 48.0 Å². The van der Waals surface area contributed by atoms with Crippen molar-refractivity contribution in [3.8, 4) is 0 Å². The lowest BCUT2D eigenvalue weighted by Gasteiger charge is -2.33. The largest absolute Gasteiger partial charge is 0.368 e. The molecule has 0 fully saturated rings. The van der Waals surface area contributed by atoms with Crippen LogP contribution in [0, 0.1) is 5.92 Å². The van der Waals surface area contributed by atoms with E-state index < -0.39 is 0 Å². The van der Waals surface area contributed by atoms with Gasteiger partial charge in [-0.2, -0.15) is 0 Å². The van der Waals surface area contributed by atoms with E-state index in [0.29, 0.717) is 5.92 Å². The highest BCUT2D eigenvalue weighted by molar-refractivity contribution is 5.87. The lowest BCUT2D eigenvalue weighted by atomic mass is 9.98. The molecule has 0 aromatic heterocycles. The normalized spacial score (nSPS) is 25.9. The zero-order valence-electron chi connectivity index (χ0n) is 14.1. The fourth-order valence-electron chi connectivity index (χ4n) is 2.21. The predicted octanol–water partition coefficient (Wildman–Crippen LogP) is 3.77. The summed E-state index contributed by atoms with van der Waals surface area (Å²) in [6.45, 7) is 12.4. The number of rotatable bonds is 5. The third kappa shape index (κ3) is 6.30. The minimum Gasteiger partial charge on any atom is -0.368 e. The molecule has 3 heteroatoms. The van der Waals surface area contributed by atoms with Crippen molar-refractivity contribution < 1.29 is 9.53 Å². The van der Waals surface area contributed by atoms with Crippen LogP contribution in [-0.4, -0.2) is 24.2 Å². The molecule has 21 heavy (non-hydrogen) atoms. The Morgan fingerprint density at radius 1 is 1.43 bits per heavy atom. The van der Waals surface area contributed by atoms with Crippen molar-refractivity contribution in [3.05, 3.63) is 35.5 Å². The van der Waals surface area contributed by atoms with Gasteiger partial charge in [0.15, 0.2) is 0 Å². The Bertz CT molecular complexity index is 442. The average molecular weight is 291 g/mol. The molecule has 0 unspecified atom stereocenters. The molecule has 1 amide bonds. The van der Waals surface area contributed by atoms with Gasteiger partial charge in [-0.05, 0) is 51.7 Å². The highest BCUT2D eigenvalue weighted by Crippen LogP contribution is 2.22. The number of hydrogen-bond donors (Lipinski definition) is 1. The van der Waals surface area contributed by atoms with Crippen LogP contribution in [0.15, 0.2) is 35.5 Å². The van der Waals surface area contributed by atoms with E-state index in [4.69, 9.17) is 4.74 Å². The summed E-state index contributed by atoms with van der Waals surface area (Å²) in [5, 5.41) is 3.00. The average Bonchev–Trinajstić information content (AvgIpc) is 2.38. The molecule has 0 saturated heterocycles. The van der Waals surface area contributed by atoms with Crippen LogP contribution in [0.3, 0.4) is 0 Å². The molecule has 0 spiro atoms. The summed E-state index contributed by atoms with van der Waals surface area (Å²) in [5.74, 6) is 0.317. The van der Waals surface area contributed by atoms with Gasteiger partial charge in [-0.25, -0.2) is 0 Å². The van der Waals surface area contributed by atoms with E-state index in [1.165, 1.54) is 11.1 Å². The number of ether oxygens (including phenoxy) is 1. The molecule has 1 rings (SSSR count). The summed E-state index contributed by atoms with van der Waals surface area (Å²) >= 11 is 0. The Morgan fingerprint density at radius 2 is 2.10 bits per heavy atom. The molecule has 0 radical (unpaired) electrons. The van der Waals surface area contributed by atoms with Crippen molar-refractivity contribution in [2.24, 2.45) is 5.92 Å². The summed E-state index contributed by atoms with van der Waals surface area (Å²) in [6.07, 6.45) is 8.82. The maximum Gasteiger partial charge on any atom is 0.244 e. The monoisotopic (exact) mass is 291 g/mol. The predicted molar refractivity (Wildman–Crippen MR) is 88.0 cm³/mol. The van der Waals surface area contributed by atoms with Gasteiger partial charge in [-0.15, -0.1) is 0 Å². The second-order valence-electron chi connectivity index (χ2n) is 6.40. The fourth-order valence-corrected chi connectivity index (χ4v) is 2.21. The van der Waals surface area contributed by atoms with Crippen LogP contribution >= 0.6 is 0 Å². The lowest BCUT2D eigenvalue weighted by molar-refractivity contribution is -0.118. The van der Waals surface area contributed by atoms with E-state index in [1.807, 2.05) is 26.8 Å². The molecule has 0 aliphatic carbocycles. The summed E-state index contributed by atoms with van der Waals surface area (Å²) in [7, 11) is 0. The number of allylic oxidation sites excluding steroid dienone is 2. The zero-order valence-corrected chi connectivity index (χ0v) is 14.1. The van der Waals surface area contributed by atoms with Crippen molar-refractivity contribution >= 4 is 5.91 Å². The van der Waals surface area contributed by atoms with E-state index >= 15 is 0 Å². The molecule has 0 aromatic rings. The summed E-state index contributed by atoms with van der Waals surface area (Å²) < 4.78 is 6.04. The number of amides is 1. The first-order chi connectivity index (χ1) is 9.79. The molecule has 0 bridgehead atoms. The smallest absolute Gasteiger partial charge is 0.244 e. The highest BCUT2D eigenvalue weighted by atomic mass is 16.5. The second kappa shape index (κ2) is 8.18. The van der Waals surface area contributed by atoms with Crippen LogP contribution < -0.4 is 5.32 Å². The van der Waals surface area contributed by atoms with Gasteiger partial charge in [-0.3, -0.25) is 4.79 Å². The van der Waals surface area contributed by atoms with Crippen molar-refractivity contribution in [1.29, 1.82) is 0 Å². The number of carbonyl (C=O) groups excluding carboxylic acids is 1. The van der Waals surface area contributed by atoms with Crippen LogP contribution in [0.25, 0.3) is 0 Å². The van der Waals surface area contributed by atoms with Crippen molar-refractivity contribution in [3.63, 3.8) is 0 Å². The van der Waals surface area contributed by atoms with E-state index in [-0.39, 0.29) is 24.2 Å². The van der Waals surface area contributed by atoms with Gasteiger partial charge in [-0.1, -0.05) is 37.6 Å². The molecule has 3 nitrogen and oxygen atoms in total. The van der Waals surface area contributed by atoms with E-state index in [1.54, 1.807) is 6.08 Å². The Morgan fingerprint density at radius 3 is 2.67 bits per heavy atom. The molecule has 1 aliphatic heterocycles. The Balaban J connectivity index is 2.66. The first-order valence-corrected chi connectivity index (χ1v) is 7.75. The van der Waals surface area contributed by atoms with Crippen LogP contribution in [0.5, 0.6) is 0 Å². The number of hydrogen-bond acceptors (Lipinski definition) is 2. The second-order valence-corrected chi connectivity index (χ2v) is 6.40. The third-order valence-electron chi connectivity index (χ3n) is 3.52. The van der Waals surface area contributed by atoms with Gasteiger partial charge < -0.3 is 10.1 Å².